The number of likely N-dealkylation sites (tertiary alicyclic amines) is 1. The second-order valence-corrected chi connectivity index (χ2v) is 5.91. The van der Waals surface area contributed by atoms with Gasteiger partial charge in [0.15, 0.2) is 11.7 Å². The molecule has 3 N–H and O–H groups in total. The van der Waals surface area contributed by atoms with Crippen molar-refractivity contribution in [3.8, 4) is 0 Å². The number of guanidine groups is 1. The fraction of sp³-hybridized carbons (Fsp3) is 0.625. The van der Waals surface area contributed by atoms with E-state index in [2.05, 4.69) is 29.1 Å². The normalized spacial score (nSPS) is 17.8. The molecule has 6 heteroatoms. The number of rotatable bonds is 5. The van der Waals surface area contributed by atoms with Crippen molar-refractivity contribution in [2.75, 3.05) is 20.1 Å². The number of primary amides is 1. The minimum Gasteiger partial charge on any atom is -0.454 e. The Hall–Kier alpha value is -1.98. The van der Waals surface area contributed by atoms with Crippen LogP contribution in [0.2, 0.25) is 0 Å². The molecule has 1 aromatic rings. The number of carbonyl (C=O) groups is 1. The minimum absolute atomic E-state index is 0.184. The van der Waals surface area contributed by atoms with Crippen LogP contribution in [0.4, 0.5) is 0 Å². The van der Waals surface area contributed by atoms with Crippen molar-refractivity contribution in [1.82, 2.24) is 10.2 Å². The summed E-state index contributed by atoms with van der Waals surface area (Å²) in [5.74, 6) is 1.18. The van der Waals surface area contributed by atoms with E-state index >= 15 is 0 Å². The van der Waals surface area contributed by atoms with E-state index in [1.807, 2.05) is 0 Å². The molecular formula is C16H26N4O2. The maximum atomic E-state index is 11.0. The number of nitrogens with two attached hydrogens (primary N) is 1. The van der Waals surface area contributed by atoms with Gasteiger partial charge in [-0.1, -0.05) is 13.8 Å². The van der Waals surface area contributed by atoms with Crippen molar-refractivity contribution >= 4 is 11.9 Å². The topological polar surface area (TPSA) is 83.9 Å². The fourth-order valence-electron chi connectivity index (χ4n) is 3.05. The third kappa shape index (κ3) is 3.43. The monoisotopic (exact) mass is 306 g/mol. The Morgan fingerprint density at radius 1 is 1.45 bits per heavy atom. The Bertz CT molecular complexity index is 546. The van der Waals surface area contributed by atoms with E-state index in [1.54, 1.807) is 19.2 Å². The summed E-state index contributed by atoms with van der Waals surface area (Å²) in [7, 11) is 1.79. The Balaban J connectivity index is 1.94. The van der Waals surface area contributed by atoms with E-state index in [0.29, 0.717) is 17.7 Å². The highest BCUT2D eigenvalue weighted by Crippen LogP contribution is 2.36. The zero-order chi connectivity index (χ0) is 16.2. The van der Waals surface area contributed by atoms with Crippen LogP contribution in [0, 0.1) is 5.41 Å². The fourth-order valence-corrected chi connectivity index (χ4v) is 3.05. The van der Waals surface area contributed by atoms with Gasteiger partial charge < -0.3 is 20.4 Å². The number of amides is 1. The quantitative estimate of drug-likeness (QED) is 0.643. The third-order valence-electron chi connectivity index (χ3n) is 4.77. The first-order valence-electron chi connectivity index (χ1n) is 7.87. The highest BCUT2D eigenvalue weighted by molar-refractivity contribution is 5.89. The highest BCUT2D eigenvalue weighted by atomic mass is 16.3. The molecule has 1 aromatic heterocycles. The lowest BCUT2D eigenvalue weighted by Crippen LogP contribution is -2.40. The lowest BCUT2D eigenvalue weighted by molar-refractivity contribution is 0.0972. The predicted molar refractivity (Wildman–Crippen MR) is 86.6 cm³/mol. The van der Waals surface area contributed by atoms with Crippen LogP contribution in [0.15, 0.2) is 21.5 Å². The van der Waals surface area contributed by atoms with Gasteiger partial charge in [0, 0.05) is 20.1 Å². The van der Waals surface area contributed by atoms with Gasteiger partial charge in [-0.05, 0) is 36.8 Å². The molecule has 1 fully saturated rings. The van der Waals surface area contributed by atoms with E-state index in [-0.39, 0.29) is 5.76 Å². The third-order valence-corrected chi connectivity index (χ3v) is 4.77. The number of nitrogens with one attached hydrogen (secondary N) is 1. The molecule has 122 valence electrons. The number of nitrogens with zero attached hydrogens (tertiary/aromatic N) is 2. The molecule has 0 aromatic carbocycles. The summed E-state index contributed by atoms with van der Waals surface area (Å²) >= 11 is 0. The predicted octanol–water partition coefficient (Wildman–Crippen LogP) is 1.97. The smallest absolute Gasteiger partial charge is 0.284 e. The molecule has 0 unspecified atom stereocenters. The van der Waals surface area contributed by atoms with Crippen LogP contribution in [0.1, 0.15) is 49.4 Å². The summed E-state index contributed by atoms with van der Waals surface area (Å²) in [4.78, 5) is 17.7. The van der Waals surface area contributed by atoms with Crippen LogP contribution < -0.4 is 11.1 Å². The van der Waals surface area contributed by atoms with Crippen molar-refractivity contribution in [2.24, 2.45) is 16.1 Å². The lowest BCUT2D eigenvalue weighted by atomic mass is 9.82. The molecule has 0 aliphatic carbocycles. The van der Waals surface area contributed by atoms with Gasteiger partial charge >= 0.3 is 0 Å². The van der Waals surface area contributed by atoms with Crippen LogP contribution in [-0.2, 0) is 6.54 Å². The van der Waals surface area contributed by atoms with Gasteiger partial charge in [-0.3, -0.25) is 9.79 Å². The number of aliphatic imine (C=N–C) groups is 1. The van der Waals surface area contributed by atoms with E-state index in [4.69, 9.17) is 10.2 Å². The Labute approximate surface area is 131 Å². The maximum absolute atomic E-state index is 11.0. The SMILES string of the molecule is CCC1(CC)CCN(C(=NC)NCc2ccc(C(N)=O)o2)C1. The summed E-state index contributed by atoms with van der Waals surface area (Å²) in [5.41, 5.74) is 5.59. The molecule has 1 aliphatic rings. The molecule has 1 saturated heterocycles. The van der Waals surface area contributed by atoms with Gasteiger partial charge in [-0.25, -0.2) is 0 Å². The van der Waals surface area contributed by atoms with Gasteiger partial charge in [-0.2, -0.15) is 0 Å². The Morgan fingerprint density at radius 3 is 2.68 bits per heavy atom. The van der Waals surface area contributed by atoms with Gasteiger partial charge in [0.05, 0.1) is 6.54 Å². The molecule has 0 spiro atoms. The summed E-state index contributed by atoms with van der Waals surface area (Å²) in [6, 6.07) is 3.35. The number of furan rings is 1. The zero-order valence-corrected chi connectivity index (χ0v) is 13.7. The molecule has 0 radical (unpaired) electrons. The van der Waals surface area contributed by atoms with Crippen molar-refractivity contribution in [1.29, 1.82) is 0 Å². The lowest BCUT2D eigenvalue weighted by Gasteiger charge is -2.27. The highest BCUT2D eigenvalue weighted by Gasteiger charge is 2.36. The van der Waals surface area contributed by atoms with Crippen LogP contribution in [0.25, 0.3) is 0 Å². The first-order chi connectivity index (χ1) is 10.5. The average molecular weight is 306 g/mol. The molecule has 1 amide bonds. The Kier molecular flexibility index (Phi) is 5.11. The van der Waals surface area contributed by atoms with Crippen LogP contribution in [-0.4, -0.2) is 36.9 Å². The number of hydrogen-bond donors (Lipinski definition) is 2. The Morgan fingerprint density at radius 2 is 2.18 bits per heavy atom. The standard InChI is InChI=1S/C16H26N4O2/c1-4-16(5-2)8-9-20(11-16)15(18-3)19-10-12-6-7-13(22-12)14(17)21/h6-7H,4-5,8-11H2,1-3H3,(H2,17,21)(H,18,19). The summed E-state index contributed by atoms with van der Waals surface area (Å²) < 4.78 is 5.38. The maximum Gasteiger partial charge on any atom is 0.284 e. The van der Waals surface area contributed by atoms with Crippen LogP contribution >= 0.6 is 0 Å². The average Bonchev–Trinajstić information content (AvgIpc) is 3.15. The van der Waals surface area contributed by atoms with Gasteiger partial charge in [0.1, 0.15) is 5.76 Å². The van der Waals surface area contributed by atoms with Crippen molar-refractivity contribution in [2.45, 2.75) is 39.7 Å². The molecule has 22 heavy (non-hydrogen) atoms. The second kappa shape index (κ2) is 6.85. The molecule has 2 rings (SSSR count). The van der Waals surface area contributed by atoms with E-state index in [1.165, 1.54) is 19.3 Å². The molecule has 2 heterocycles. The molecule has 6 nitrogen and oxygen atoms in total. The van der Waals surface area contributed by atoms with Crippen molar-refractivity contribution in [3.63, 3.8) is 0 Å². The molecule has 0 bridgehead atoms. The van der Waals surface area contributed by atoms with Crippen molar-refractivity contribution in [3.05, 3.63) is 23.7 Å². The van der Waals surface area contributed by atoms with Gasteiger partial charge in [0.25, 0.3) is 5.91 Å². The zero-order valence-electron chi connectivity index (χ0n) is 13.7. The second-order valence-electron chi connectivity index (χ2n) is 5.91. The number of hydrogen-bond acceptors (Lipinski definition) is 3. The summed E-state index contributed by atoms with van der Waals surface area (Å²) in [6.45, 7) is 7.06. The number of carbonyl (C=O) groups excluding carboxylic acids is 1. The van der Waals surface area contributed by atoms with E-state index in [0.717, 1.165) is 19.0 Å². The van der Waals surface area contributed by atoms with E-state index in [9.17, 15) is 4.79 Å². The largest absolute Gasteiger partial charge is 0.454 e. The van der Waals surface area contributed by atoms with Crippen molar-refractivity contribution < 1.29 is 9.21 Å². The van der Waals surface area contributed by atoms with Gasteiger partial charge in [0.2, 0.25) is 0 Å². The minimum atomic E-state index is -0.550. The van der Waals surface area contributed by atoms with Crippen LogP contribution in [0.3, 0.4) is 0 Å². The summed E-state index contributed by atoms with van der Waals surface area (Å²) in [5, 5.41) is 3.30. The van der Waals surface area contributed by atoms with Gasteiger partial charge in [-0.15, -0.1) is 0 Å². The van der Waals surface area contributed by atoms with Crippen LogP contribution in [0.5, 0.6) is 0 Å². The summed E-state index contributed by atoms with van der Waals surface area (Å²) in [6.07, 6.45) is 3.58. The van der Waals surface area contributed by atoms with E-state index < -0.39 is 5.91 Å². The molecule has 0 saturated carbocycles. The molecule has 0 atom stereocenters. The first kappa shape index (κ1) is 16.4. The first-order valence-corrected chi connectivity index (χ1v) is 7.87. The molecular weight excluding hydrogens is 280 g/mol. The molecule has 1 aliphatic heterocycles.